The van der Waals surface area contributed by atoms with E-state index < -0.39 is 0 Å². The molecule has 1 saturated carbocycles. The number of aliphatic hydroxyl groups excluding tert-OH is 2. The Kier molecular flexibility index (Phi) is 1.67. The lowest BCUT2D eigenvalue weighted by Gasteiger charge is -2.17. The fraction of sp³-hybridized carbons (Fsp3) is 1.00. The third-order valence-electron chi connectivity index (χ3n) is 3.11. The highest BCUT2D eigenvalue weighted by Crippen LogP contribution is 2.57. The molecule has 0 bridgehead atoms. The molecule has 2 N–H and O–H groups in total. The molecule has 2 aliphatic rings. The van der Waals surface area contributed by atoms with Crippen LogP contribution in [0.4, 0.5) is 0 Å². The lowest BCUT2D eigenvalue weighted by atomic mass is 10.1. The Bertz CT molecular complexity index is 158. The molecule has 2 unspecified atom stereocenters. The van der Waals surface area contributed by atoms with Crippen LogP contribution in [0.5, 0.6) is 0 Å². The SMILES string of the molecule is OCCN1CC2CC2(CO)C1. The van der Waals surface area contributed by atoms with Crippen molar-refractivity contribution in [3.63, 3.8) is 0 Å². The topological polar surface area (TPSA) is 43.7 Å². The Morgan fingerprint density at radius 3 is 2.82 bits per heavy atom. The van der Waals surface area contributed by atoms with E-state index in [1.165, 1.54) is 6.42 Å². The molecule has 0 aromatic carbocycles. The van der Waals surface area contributed by atoms with Gasteiger partial charge in [-0.2, -0.15) is 0 Å². The molecule has 1 aliphatic carbocycles. The zero-order valence-electron chi connectivity index (χ0n) is 6.66. The minimum atomic E-state index is 0.244. The van der Waals surface area contributed by atoms with Gasteiger partial charge in [-0.25, -0.2) is 0 Å². The van der Waals surface area contributed by atoms with E-state index >= 15 is 0 Å². The number of nitrogens with zero attached hydrogens (tertiary/aromatic N) is 1. The van der Waals surface area contributed by atoms with Gasteiger partial charge in [0.1, 0.15) is 0 Å². The number of hydrogen-bond acceptors (Lipinski definition) is 3. The molecule has 1 aliphatic heterocycles. The van der Waals surface area contributed by atoms with E-state index in [4.69, 9.17) is 10.2 Å². The minimum absolute atomic E-state index is 0.244. The minimum Gasteiger partial charge on any atom is -0.396 e. The van der Waals surface area contributed by atoms with E-state index in [9.17, 15) is 0 Å². The highest BCUT2D eigenvalue weighted by molar-refractivity contribution is 5.09. The van der Waals surface area contributed by atoms with Crippen molar-refractivity contribution in [2.45, 2.75) is 6.42 Å². The van der Waals surface area contributed by atoms with Crippen molar-refractivity contribution in [1.82, 2.24) is 4.90 Å². The first-order chi connectivity index (χ1) is 5.30. The van der Waals surface area contributed by atoms with Gasteiger partial charge < -0.3 is 15.1 Å². The molecule has 3 heteroatoms. The maximum absolute atomic E-state index is 9.06. The van der Waals surface area contributed by atoms with Crippen LogP contribution >= 0.6 is 0 Å². The largest absolute Gasteiger partial charge is 0.396 e. The van der Waals surface area contributed by atoms with Crippen LogP contribution in [0, 0.1) is 11.3 Å². The molecule has 0 spiro atoms. The van der Waals surface area contributed by atoms with Gasteiger partial charge in [-0.3, -0.25) is 0 Å². The summed E-state index contributed by atoms with van der Waals surface area (Å²) in [5.74, 6) is 0.721. The van der Waals surface area contributed by atoms with Crippen LogP contribution in [0.25, 0.3) is 0 Å². The third kappa shape index (κ3) is 1.08. The Balaban J connectivity index is 1.87. The van der Waals surface area contributed by atoms with E-state index in [0.717, 1.165) is 25.6 Å². The fourth-order valence-corrected chi connectivity index (χ4v) is 2.26. The molecular weight excluding hydrogens is 142 g/mol. The van der Waals surface area contributed by atoms with Crippen LogP contribution in [0.1, 0.15) is 6.42 Å². The summed E-state index contributed by atoms with van der Waals surface area (Å²) in [6.07, 6.45) is 1.20. The molecule has 0 amide bonds. The second-order valence-electron chi connectivity index (χ2n) is 3.88. The zero-order chi connectivity index (χ0) is 7.90. The summed E-state index contributed by atoms with van der Waals surface area (Å²) < 4.78 is 0. The van der Waals surface area contributed by atoms with Crippen molar-refractivity contribution in [3.05, 3.63) is 0 Å². The number of hydrogen-bond donors (Lipinski definition) is 2. The first kappa shape index (κ1) is 7.53. The van der Waals surface area contributed by atoms with Crippen LogP contribution in [-0.2, 0) is 0 Å². The molecule has 1 saturated heterocycles. The van der Waals surface area contributed by atoms with Gasteiger partial charge >= 0.3 is 0 Å². The Hall–Kier alpha value is -0.120. The summed E-state index contributed by atoms with van der Waals surface area (Å²) in [7, 11) is 0. The quantitative estimate of drug-likeness (QED) is 0.569. The zero-order valence-corrected chi connectivity index (χ0v) is 6.66. The van der Waals surface area contributed by atoms with Crippen molar-refractivity contribution in [2.75, 3.05) is 32.8 Å². The normalized spacial score (nSPS) is 42.5. The van der Waals surface area contributed by atoms with Gasteiger partial charge in [-0.15, -0.1) is 0 Å². The highest BCUT2D eigenvalue weighted by Gasteiger charge is 2.58. The Labute approximate surface area is 66.6 Å². The number of aliphatic hydroxyl groups is 2. The van der Waals surface area contributed by atoms with E-state index in [0.29, 0.717) is 6.61 Å². The summed E-state index contributed by atoms with van der Waals surface area (Å²) in [4.78, 5) is 2.24. The van der Waals surface area contributed by atoms with E-state index in [2.05, 4.69) is 4.90 Å². The maximum Gasteiger partial charge on any atom is 0.0558 e. The van der Waals surface area contributed by atoms with Gasteiger partial charge in [-0.1, -0.05) is 0 Å². The van der Waals surface area contributed by atoms with Crippen molar-refractivity contribution < 1.29 is 10.2 Å². The van der Waals surface area contributed by atoms with Crippen LogP contribution in [-0.4, -0.2) is 48.0 Å². The van der Waals surface area contributed by atoms with Gasteiger partial charge in [0.25, 0.3) is 0 Å². The molecular formula is C8H15NO2. The highest BCUT2D eigenvalue weighted by atomic mass is 16.3. The molecule has 2 fully saturated rings. The van der Waals surface area contributed by atoms with Crippen molar-refractivity contribution in [2.24, 2.45) is 11.3 Å². The van der Waals surface area contributed by atoms with Crippen LogP contribution in [0.3, 0.4) is 0 Å². The molecule has 2 atom stereocenters. The number of likely N-dealkylation sites (tertiary alicyclic amines) is 1. The molecule has 0 aromatic heterocycles. The van der Waals surface area contributed by atoms with Gasteiger partial charge in [0, 0.05) is 25.0 Å². The molecule has 0 radical (unpaired) electrons. The van der Waals surface area contributed by atoms with Crippen LogP contribution in [0.15, 0.2) is 0 Å². The summed E-state index contributed by atoms with van der Waals surface area (Å²) >= 11 is 0. The maximum atomic E-state index is 9.06. The van der Waals surface area contributed by atoms with Crippen molar-refractivity contribution in [1.29, 1.82) is 0 Å². The van der Waals surface area contributed by atoms with Crippen LogP contribution in [0.2, 0.25) is 0 Å². The molecule has 2 rings (SSSR count). The number of β-amino-alcohol motifs (C(OH)–C–C–N with tert-alkyl or cyclic N) is 1. The van der Waals surface area contributed by atoms with Gasteiger partial charge in [-0.05, 0) is 12.3 Å². The molecule has 0 aromatic rings. The summed E-state index contributed by atoms with van der Waals surface area (Å²) in [5, 5.41) is 17.7. The average Bonchev–Trinajstić information content (AvgIpc) is 2.57. The standard InChI is InChI=1S/C8H15NO2/c10-2-1-9-4-7-3-8(7,5-9)6-11/h7,10-11H,1-6H2. The molecule has 3 nitrogen and oxygen atoms in total. The molecule has 64 valence electrons. The van der Waals surface area contributed by atoms with Crippen LogP contribution < -0.4 is 0 Å². The Morgan fingerprint density at radius 2 is 2.27 bits per heavy atom. The summed E-state index contributed by atoms with van der Waals surface area (Å²) in [6.45, 7) is 3.43. The first-order valence-corrected chi connectivity index (χ1v) is 4.25. The molecule has 1 heterocycles. The first-order valence-electron chi connectivity index (χ1n) is 4.25. The molecule has 11 heavy (non-hydrogen) atoms. The predicted molar refractivity (Wildman–Crippen MR) is 41.2 cm³/mol. The lowest BCUT2D eigenvalue weighted by molar-refractivity contribution is 0.167. The fourth-order valence-electron chi connectivity index (χ4n) is 2.26. The van der Waals surface area contributed by atoms with Crippen molar-refractivity contribution in [3.8, 4) is 0 Å². The predicted octanol–water partition coefficient (Wildman–Crippen LogP) is -0.707. The van der Waals surface area contributed by atoms with E-state index in [1.54, 1.807) is 0 Å². The number of piperidine rings is 1. The summed E-state index contributed by atoms with van der Waals surface area (Å²) in [5.41, 5.74) is 0.245. The van der Waals surface area contributed by atoms with Crippen molar-refractivity contribution >= 4 is 0 Å². The van der Waals surface area contributed by atoms with E-state index in [-0.39, 0.29) is 12.0 Å². The number of rotatable bonds is 3. The van der Waals surface area contributed by atoms with Gasteiger partial charge in [0.05, 0.1) is 13.2 Å². The number of fused-ring (bicyclic) bond motifs is 1. The monoisotopic (exact) mass is 157 g/mol. The summed E-state index contributed by atoms with van der Waals surface area (Å²) in [6, 6.07) is 0. The second-order valence-corrected chi connectivity index (χ2v) is 3.88. The second kappa shape index (κ2) is 2.44. The average molecular weight is 157 g/mol. The van der Waals surface area contributed by atoms with Gasteiger partial charge in [0.2, 0.25) is 0 Å². The lowest BCUT2D eigenvalue weighted by Crippen LogP contribution is -2.28. The smallest absolute Gasteiger partial charge is 0.0558 e. The third-order valence-corrected chi connectivity index (χ3v) is 3.11. The Morgan fingerprint density at radius 1 is 1.45 bits per heavy atom. The van der Waals surface area contributed by atoms with Gasteiger partial charge in [0.15, 0.2) is 0 Å². The van der Waals surface area contributed by atoms with E-state index in [1.807, 2.05) is 0 Å².